The summed E-state index contributed by atoms with van der Waals surface area (Å²) in [5, 5.41) is 3.87. The first kappa shape index (κ1) is 13.2. The molecule has 0 aromatic heterocycles. The molecule has 1 fully saturated rings. The summed E-state index contributed by atoms with van der Waals surface area (Å²) >= 11 is 2.06. The average Bonchev–Trinajstić information content (AvgIpc) is 2.30. The Kier molecular flexibility index (Phi) is 5.54. The van der Waals surface area contributed by atoms with Gasteiger partial charge in [-0.1, -0.05) is 19.8 Å². The number of hydrogen-bond acceptors (Lipinski definition) is 2. The molecule has 1 aliphatic heterocycles. The van der Waals surface area contributed by atoms with E-state index in [4.69, 9.17) is 6.42 Å². The Labute approximate surface area is 103 Å². The van der Waals surface area contributed by atoms with Crippen LogP contribution in [0.1, 0.15) is 13.8 Å². The molecule has 1 saturated heterocycles. The van der Waals surface area contributed by atoms with E-state index in [9.17, 15) is 0 Å². The zero-order chi connectivity index (χ0) is 12.0. The number of thioether (sulfide) groups is 1. The molecule has 4 heteroatoms. The van der Waals surface area contributed by atoms with Gasteiger partial charge in [0, 0.05) is 31.1 Å². The molecule has 16 heavy (non-hydrogen) atoms. The van der Waals surface area contributed by atoms with Crippen molar-refractivity contribution in [3.63, 3.8) is 0 Å². The predicted molar refractivity (Wildman–Crippen MR) is 72.9 cm³/mol. The van der Waals surface area contributed by atoms with Gasteiger partial charge in [-0.05, 0) is 5.92 Å². The maximum absolute atomic E-state index is 5.25. The van der Waals surface area contributed by atoms with Gasteiger partial charge >= 0.3 is 0 Å². The van der Waals surface area contributed by atoms with E-state index in [-0.39, 0.29) is 0 Å². The standard InChI is InChI=1S/C12H21N3S/c1-5-6-14-12(13-4)15-7-8-16-11(9-15)10(2)3/h1,10-11H,6-9H2,2-4H3,(H,13,14). The normalized spacial score (nSPS) is 22.1. The number of nitrogens with one attached hydrogen (secondary N) is 1. The first-order valence-electron chi connectivity index (χ1n) is 5.69. The molecule has 0 aromatic carbocycles. The first-order chi connectivity index (χ1) is 7.69. The maximum Gasteiger partial charge on any atom is 0.194 e. The maximum atomic E-state index is 5.25. The third-order valence-electron chi connectivity index (χ3n) is 2.70. The molecule has 0 spiro atoms. The van der Waals surface area contributed by atoms with Crippen molar-refractivity contribution in [2.75, 3.05) is 32.4 Å². The van der Waals surface area contributed by atoms with Crippen molar-refractivity contribution in [1.82, 2.24) is 10.2 Å². The molecule has 0 aromatic rings. The summed E-state index contributed by atoms with van der Waals surface area (Å²) in [6.07, 6.45) is 5.25. The summed E-state index contributed by atoms with van der Waals surface area (Å²) in [5.74, 6) is 5.39. The van der Waals surface area contributed by atoms with Crippen LogP contribution in [0.2, 0.25) is 0 Å². The van der Waals surface area contributed by atoms with Gasteiger partial charge in [0.15, 0.2) is 5.96 Å². The Morgan fingerprint density at radius 2 is 2.44 bits per heavy atom. The predicted octanol–water partition coefficient (Wildman–Crippen LogP) is 1.27. The van der Waals surface area contributed by atoms with Crippen molar-refractivity contribution >= 4 is 17.7 Å². The highest BCUT2D eigenvalue weighted by atomic mass is 32.2. The van der Waals surface area contributed by atoms with Crippen molar-refractivity contribution in [2.45, 2.75) is 19.1 Å². The summed E-state index contributed by atoms with van der Waals surface area (Å²) in [7, 11) is 1.81. The number of hydrogen-bond donors (Lipinski definition) is 1. The van der Waals surface area contributed by atoms with E-state index in [2.05, 4.69) is 46.7 Å². The summed E-state index contributed by atoms with van der Waals surface area (Å²) in [5.41, 5.74) is 0. The van der Waals surface area contributed by atoms with E-state index >= 15 is 0 Å². The molecular weight excluding hydrogens is 218 g/mol. The van der Waals surface area contributed by atoms with Gasteiger partial charge in [-0.15, -0.1) is 6.42 Å². The number of aliphatic imine (C=N–C) groups is 1. The molecular formula is C12H21N3S. The Balaban J connectivity index is 2.55. The molecule has 3 nitrogen and oxygen atoms in total. The lowest BCUT2D eigenvalue weighted by Gasteiger charge is -2.36. The van der Waals surface area contributed by atoms with Crippen LogP contribution in [-0.4, -0.2) is 48.5 Å². The molecule has 1 heterocycles. The van der Waals surface area contributed by atoms with Crippen LogP contribution in [-0.2, 0) is 0 Å². The Morgan fingerprint density at radius 1 is 1.69 bits per heavy atom. The van der Waals surface area contributed by atoms with Crippen LogP contribution in [0, 0.1) is 18.3 Å². The van der Waals surface area contributed by atoms with Gasteiger partial charge in [0.1, 0.15) is 0 Å². The smallest absolute Gasteiger partial charge is 0.194 e. The molecule has 0 saturated carbocycles. The fourth-order valence-corrected chi connectivity index (χ4v) is 3.03. The van der Waals surface area contributed by atoms with Crippen LogP contribution >= 0.6 is 11.8 Å². The zero-order valence-corrected chi connectivity index (χ0v) is 11.2. The molecule has 90 valence electrons. The summed E-state index contributed by atoms with van der Waals surface area (Å²) < 4.78 is 0. The Hall–Kier alpha value is -0.820. The summed E-state index contributed by atoms with van der Waals surface area (Å²) in [6.45, 7) is 7.21. The largest absolute Gasteiger partial charge is 0.345 e. The molecule has 1 N–H and O–H groups in total. The van der Waals surface area contributed by atoms with Crippen molar-refractivity contribution in [3.8, 4) is 12.3 Å². The van der Waals surface area contributed by atoms with Crippen LogP contribution in [0.3, 0.4) is 0 Å². The number of guanidine groups is 1. The van der Waals surface area contributed by atoms with Crippen LogP contribution in [0.25, 0.3) is 0 Å². The second kappa shape index (κ2) is 6.70. The summed E-state index contributed by atoms with van der Waals surface area (Å²) in [4.78, 5) is 6.57. The fourth-order valence-electron chi connectivity index (χ4n) is 1.73. The van der Waals surface area contributed by atoms with Crippen LogP contribution in [0.5, 0.6) is 0 Å². The molecule has 0 aliphatic carbocycles. The number of terminal acetylenes is 1. The van der Waals surface area contributed by atoms with Crippen LogP contribution in [0.4, 0.5) is 0 Å². The second-order valence-corrected chi connectivity index (χ2v) is 5.55. The van der Waals surface area contributed by atoms with Crippen LogP contribution < -0.4 is 5.32 Å². The van der Waals surface area contributed by atoms with E-state index < -0.39 is 0 Å². The lowest BCUT2D eigenvalue weighted by atomic mass is 10.1. The molecule has 0 bridgehead atoms. The average molecular weight is 239 g/mol. The minimum atomic E-state index is 0.544. The van der Waals surface area contributed by atoms with Gasteiger partial charge in [-0.25, -0.2) is 0 Å². The lowest BCUT2D eigenvalue weighted by Crippen LogP contribution is -2.49. The zero-order valence-electron chi connectivity index (χ0n) is 10.4. The second-order valence-electron chi connectivity index (χ2n) is 4.20. The number of nitrogens with zero attached hydrogens (tertiary/aromatic N) is 2. The van der Waals surface area contributed by atoms with E-state index in [1.807, 2.05) is 7.05 Å². The number of rotatable bonds is 2. The van der Waals surface area contributed by atoms with Gasteiger partial charge < -0.3 is 10.2 Å². The van der Waals surface area contributed by atoms with E-state index in [1.165, 1.54) is 5.75 Å². The molecule has 1 rings (SSSR count). The highest BCUT2D eigenvalue weighted by Gasteiger charge is 2.24. The Bertz CT molecular complexity index is 280. The van der Waals surface area contributed by atoms with E-state index in [1.54, 1.807) is 0 Å². The minimum absolute atomic E-state index is 0.544. The van der Waals surface area contributed by atoms with Gasteiger partial charge in [-0.3, -0.25) is 4.99 Å². The molecule has 1 unspecified atom stereocenters. The summed E-state index contributed by atoms with van der Waals surface area (Å²) in [6, 6.07) is 0. The molecule has 1 atom stereocenters. The van der Waals surface area contributed by atoms with Crippen molar-refractivity contribution in [3.05, 3.63) is 0 Å². The van der Waals surface area contributed by atoms with Crippen molar-refractivity contribution in [1.29, 1.82) is 0 Å². The molecule has 1 aliphatic rings. The fraction of sp³-hybridized carbons (Fsp3) is 0.750. The molecule has 0 radical (unpaired) electrons. The van der Waals surface area contributed by atoms with Gasteiger partial charge in [-0.2, -0.15) is 11.8 Å². The monoisotopic (exact) mass is 239 g/mol. The van der Waals surface area contributed by atoms with Gasteiger partial charge in [0.05, 0.1) is 6.54 Å². The highest BCUT2D eigenvalue weighted by molar-refractivity contribution is 8.00. The third kappa shape index (κ3) is 3.64. The van der Waals surface area contributed by atoms with E-state index in [0.717, 1.165) is 19.0 Å². The Morgan fingerprint density at radius 3 is 3.00 bits per heavy atom. The highest BCUT2D eigenvalue weighted by Crippen LogP contribution is 2.24. The SMILES string of the molecule is C#CCNC(=NC)N1CCSC(C(C)C)C1. The lowest BCUT2D eigenvalue weighted by molar-refractivity contribution is 0.382. The molecule has 0 amide bonds. The van der Waals surface area contributed by atoms with Crippen molar-refractivity contribution < 1.29 is 0 Å². The van der Waals surface area contributed by atoms with Gasteiger partial charge in [0.25, 0.3) is 0 Å². The topological polar surface area (TPSA) is 27.6 Å². The quantitative estimate of drug-likeness (QED) is 0.447. The minimum Gasteiger partial charge on any atom is -0.345 e. The van der Waals surface area contributed by atoms with Gasteiger partial charge in [0.2, 0.25) is 0 Å². The van der Waals surface area contributed by atoms with Crippen LogP contribution in [0.15, 0.2) is 4.99 Å². The van der Waals surface area contributed by atoms with E-state index in [0.29, 0.717) is 17.7 Å². The third-order valence-corrected chi connectivity index (χ3v) is 4.24. The first-order valence-corrected chi connectivity index (χ1v) is 6.74. The van der Waals surface area contributed by atoms with Crippen molar-refractivity contribution in [2.24, 2.45) is 10.9 Å².